The number of halogens is 2. The number of fused-ring (bicyclic) bond motifs is 15. The Morgan fingerprint density at radius 2 is 1.23 bits per heavy atom. The van der Waals surface area contributed by atoms with E-state index in [-0.39, 0.29) is 56.1 Å². The number of ether oxygens (including phenoxy) is 2. The van der Waals surface area contributed by atoms with E-state index in [4.69, 9.17) is 38.4 Å². The van der Waals surface area contributed by atoms with Crippen molar-refractivity contribution in [1.29, 1.82) is 0 Å². The molecule has 5 aromatic rings. The lowest BCUT2D eigenvalue weighted by Gasteiger charge is -2.31. The lowest BCUT2D eigenvalue weighted by atomic mass is 9.89. The summed E-state index contributed by atoms with van der Waals surface area (Å²) in [7, 11) is 1.50. The highest BCUT2D eigenvalue weighted by molar-refractivity contribution is 6.32. The highest BCUT2D eigenvalue weighted by Gasteiger charge is 2.41. The number of aliphatic hydroxyl groups is 2. The zero-order chi connectivity index (χ0) is 58.2. The van der Waals surface area contributed by atoms with Crippen molar-refractivity contribution in [3.63, 3.8) is 0 Å². The zero-order valence-electron chi connectivity index (χ0n) is 42.2. The van der Waals surface area contributed by atoms with E-state index in [1.807, 2.05) is 13.8 Å². The Hall–Kier alpha value is -8.88. The minimum atomic E-state index is -2.19. The maximum atomic E-state index is 15.4. The lowest BCUT2D eigenvalue weighted by molar-refractivity contribution is -0.143. The number of carboxylic acids is 1. The fourth-order valence-electron chi connectivity index (χ4n) is 9.34. The van der Waals surface area contributed by atoms with Crippen LogP contribution in [-0.4, -0.2) is 114 Å². The van der Waals surface area contributed by atoms with E-state index in [9.17, 15) is 69.3 Å². The molecule has 0 saturated carbocycles. The number of phenolic OH excluding ortho intramolecular Hbond substituents is 4. The highest BCUT2D eigenvalue weighted by atomic mass is 35.5. The van der Waals surface area contributed by atoms with Crippen molar-refractivity contribution in [2.24, 2.45) is 11.7 Å². The third kappa shape index (κ3) is 11.9. The molecule has 5 aliphatic rings. The van der Waals surface area contributed by atoms with Crippen molar-refractivity contribution in [2.45, 2.75) is 81.2 Å². The average Bonchev–Trinajstić information content (AvgIpc) is 3.39. The molecule has 0 aliphatic carbocycles. The number of carboxylic acid groups (broad SMARTS) is 1. The fourth-order valence-corrected chi connectivity index (χ4v) is 9.80. The van der Waals surface area contributed by atoms with E-state index in [1.54, 1.807) is 0 Å². The van der Waals surface area contributed by atoms with Gasteiger partial charge in [0.15, 0.2) is 17.5 Å². The van der Waals surface area contributed by atoms with Gasteiger partial charge in [-0.15, -0.1) is 0 Å². The molecule has 0 fully saturated rings. The topological polar surface area (TPSA) is 407 Å². The average molecular weight is 1140 g/mol. The van der Waals surface area contributed by atoms with Gasteiger partial charge in [0.25, 0.3) is 0 Å². The van der Waals surface area contributed by atoms with Gasteiger partial charge < -0.3 is 88.2 Å². The van der Waals surface area contributed by atoms with Crippen LogP contribution in [0.3, 0.4) is 0 Å². The third-order valence-corrected chi connectivity index (χ3v) is 13.9. The zero-order valence-corrected chi connectivity index (χ0v) is 43.8. The number of primary amides is 1. The van der Waals surface area contributed by atoms with E-state index in [0.717, 1.165) is 48.5 Å². The van der Waals surface area contributed by atoms with Crippen LogP contribution in [0.1, 0.15) is 84.8 Å². The van der Waals surface area contributed by atoms with Crippen LogP contribution in [-0.2, 0) is 38.4 Å². The lowest BCUT2D eigenvalue weighted by Crippen LogP contribution is -2.59. The number of benzene rings is 5. The molecule has 5 heterocycles. The number of carbonyl (C=O) groups is 8. The van der Waals surface area contributed by atoms with Crippen LogP contribution in [0.2, 0.25) is 10.0 Å². The van der Waals surface area contributed by atoms with Crippen LogP contribution < -0.4 is 52.4 Å². The number of likely N-dealkylation sites (N-methyl/N-ethyl adjacent to an activating group) is 1. The van der Waals surface area contributed by atoms with Gasteiger partial charge in [-0.05, 0) is 96.2 Å². The highest BCUT2D eigenvalue weighted by Crippen LogP contribution is 2.47. The number of aliphatic hydroxyl groups excluding tert-OH is 2. The summed E-state index contributed by atoms with van der Waals surface area (Å²) >= 11 is 13.5. The van der Waals surface area contributed by atoms with Gasteiger partial charge >= 0.3 is 5.97 Å². The Balaban J connectivity index is 1.36. The van der Waals surface area contributed by atoms with Crippen molar-refractivity contribution >= 4 is 70.5 Å². The minimum absolute atomic E-state index is 0.0350. The smallest absolute Gasteiger partial charge is 0.330 e. The van der Waals surface area contributed by atoms with E-state index in [0.29, 0.717) is 0 Å². The largest absolute Gasteiger partial charge is 0.508 e. The molecule has 420 valence electrons. The van der Waals surface area contributed by atoms with Crippen molar-refractivity contribution in [2.75, 3.05) is 7.05 Å². The minimum Gasteiger partial charge on any atom is -0.508 e. The molecule has 0 saturated heterocycles. The number of phenols is 4. The third-order valence-electron chi connectivity index (χ3n) is 13.3. The molecule has 9 atom stereocenters. The molecular weight excluding hydrogens is 1090 g/mol. The quantitative estimate of drug-likeness (QED) is 0.106. The summed E-state index contributed by atoms with van der Waals surface area (Å²) in [5.41, 5.74) is 3.31. The molecule has 5 aliphatic heterocycles. The molecule has 16 N–H and O–H groups in total. The summed E-state index contributed by atoms with van der Waals surface area (Å²) < 4.78 is 12.2. The number of nitrogens with two attached hydrogens (primary N) is 1. The Bertz CT molecular complexity index is 3380. The Kier molecular flexibility index (Phi) is 16.6. The standard InChI is InChI=1S/C53H52Cl2N8O17/c1-19(2)10-29(57-3)47(71)62-42-44(68)21-5-8-33(27(54)12-21)79-35-14-23-15-36(46(35)70)80-34-9-6-22(13-28(34)55)45(69)43-52(76)61-41(53(77)78)26-16-24(64)17-32(66)38(26)25-11-20(4-7-31(25)65)39(49(73)63-43)60-50(74)40(23)59-48(72)30(18-37(56)67)58-51(42)75/h4-9,11-17,19,29-30,39-45,57,64-66,68-70H,10,18H2,1-3H3,(H2,56,67)(H,58,75)(H,59,72)(H,60,74)(H,61,76)(H,62,71)(H,63,73)(H,77,78)/t29-,30-,39+,40+,41-,42+,43-,44+,45+/m0/s1. The Morgan fingerprint density at radius 3 is 1.80 bits per heavy atom. The Labute approximate surface area is 463 Å². The number of hydrogen-bond acceptors (Lipinski definition) is 17. The second-order valence-corrected chi connectivity index (χ2v) is 20.2. The predicted molar refractivity (Wildman–Crippen MR) is 280 cm³/mol. The van der Waals surface area contributed by atoms with Crippen LogP contribution in [0.15, 0.2) is 78.9 Å². The van der Waals surface area contributed by atoms with Crippen LogP contribution >= 0.6 is 23.2 Å². The molecule has 0 unspecified atom stereocenters. The number of nitrogens with one attached hydrogen (secondary N) is 7. The van der Waals surface area contributed by atoms with Gasteiger partial charge in [-0.1, -0.05) is 55.2 Å². The number of amides is 7. The molecule has 7 amide bonds. The number of hydrogen-bond donors (Lipinski definition) is 15. The van der Waals surface area contributed by atoms with Crippen LogP contribution in [0.25, 0.3) is 11.1 Å². The second kappa shape index (κ2) is 23.2. The van der Waals surface area contributed by atoms with E-state index in [2.05, 4.69) is 37.2 Å². The molecule has 0 aromatic heterocycles. The summed E-state index contributed by atoms with van der Waals surface area (Å²) in [6.07, 6.45) is -4.77. The maximum absolute atomic E-state index is 15.4. The summed E-state index contributed by atoms with van der Waals surface area (Å²) in [6.45, 7) is 3.68. The number of aliphatic carboxylic acids is 1. The first-order chi connectivity index (χ1) is 37.8. The van der Waals surface area contributed by atoms with Crippen molar-refractivity contribution < 1.29 is 83.6 Å². The van der Waals surface area contributed by atoms with Gasteiger partial charge in [0.1, 0.15) is 71.2 Å². The van der Waals surface area contributed by atoms with Gasteiger partial charge in [0.05, 0.1) is 22.5 Å². The number of rotatable bonds is 8. The first-order valence-corrected chi connectivity index (χ1v) is 25.2. The first kappa shape index (κ1) is 57.3. The molecule has 27 heteroatoms. The van der Waals surface area contributed by atoms with Gasteiger partial charge in [-0.3, -0.25) is 33.6 Å². The van der Waals surface area contributed by atoms with Gasteiger partial charge in [0.2, 0.25) is 47.1 Å². The molecule has 5 aromatic carbocycles. The summed E-state index contributed by atoms with van der Waals surface area (Å²) in [5, 5.41) is 96.1. The molecule has 11 bridgehead atoms. The second-order valence-electron chi connectivity index (χ2n) is 19.4. The monoisotopic (exact) mass is 1140 g/mol. The fraction of sp³-hybridized carbons (Fsp3) is 0.283. The molecular formula is C53H52Cl2N8O17. The maximum Gasteiger partial charge on any atom is 0.330 e. The van der Waals surface area contributed by atoms with Gasteiger partial charge in [0, 0.05) is 22.8 Å². The summed E-state index contributed by atoms with van der Waals surface area (Å²) in [4.78, 5) is 114. The van der Waals surface area contributed by atoms with Crippen LogP contribution in [0.4, 0.5) is 0 Å². The van der Waals surface area contributed by atoms with Crippen molar-refractivity contribution in [1.82, 2.24) is 37.2 Å². The van der Waals surface area contributed by atoms with E-state index < -0.39 is 159 Å². The van der Waals surface area contributed by atoms with E-state index >= 15 is 4.79 Å². The Morgan fingerprint density at radius 1 is 0.650 bits per heavy atom. The van der Waals surface area contributed by atoms with Crippen molar-refractivity contribution in [3.05, 3.63) is 117 Å². The van der Waals surface area contributed by atoms with Crippen LogP contribution in [0, 0.1) is 5.92 Å². The molecule has 0 radical (unpaired) electrons. The predicted octanol–water partition coefficient (Wildman–Crippen LogP) is 2.40. The molecule has 0 spiro atoms. The summed E-state index contributed by atoms with van der Waals surface area (Å²) in [5.74, 6) is -15.0. The molecule has 25 nitrogen and oxygen atoms in total. The molecule has 10 rings (SSSR count). The van der Waals surface area contributed by atoms with Gasteiger partial charge in [-0.2, -0.15) is 0 Å². The number of carbonyl (C=O) groups excluding carboxylic acids is 7. The SMILES string of the molecule is CN[C@@H](CC(C)C)C(=O)N[C@H]1C(=O)N[C@@H](CC(N)=O)C(=O)N[C@H]2C(=O)N[C@H]3C(=O)N[C@H](C(=O)N[C@H](C(=O)O)c4cc(O)cc(O)c4-c4cc3ccc4O)[C@H](O)c3ccc(c(Cl)c3)Oc3cc2cc(c3O)Oc2ccc(cc2Cl)[C@H]1O. The van der Waals surface area contributed by atoms with Crippen LogP contribution in [0.5, 0.6) is 46.0 Å². The van der Waals surface area contributed by atoms with Gasteiger partial charge in [-0.25, -0.2) is 4.79 Å². The van der Waals surface area contributed by atoms with Crippen molar-refractivity contribution in [3.8, 4) is 57.1 Å². The normalized spacial score (nSPS) is 22.4. The molecule has 80 heavy (non-hydrogen) atoms. The summed E-state index contributed by atoms with van der Waals surface area (Å²) in [6, 6.07) is 0.577. The number of aromatic hydroxyl groups is 4. The van der Waals surface area contributed by atoms with E-state index in [1.165, 1.54) is 37.4 Å². The first-order valence-electron chi connectivity index (χ1n) is 24.4.